The SMILES string of the molecule is O=C(NNc1ncnc(Nc2ccc(F)cc2)c1[N+](=O)[O-])c1ccco1. The smallest absolute Gasteiger partial charge is 0.355 e. The minimum atomic E-state index is -0.715. The van der Waals surface area contributed by atoms with Crippen molar-refractivity contribution in [3.8, 4) is 0 Å². The minimum absolute atomic E-state index is 0.0128. The maximum absolute atomic E-state index is 13.0. The van der Waals surface area contributed by atoms with Gasteiger partial charge in [0.2, 0.25) is 11.6 Å². The number of nitro groups is 1. The van der Waals surface area contributed by atoms with E-state index in [1.54, 1.807) is 0 Å². The lowest BCUT2D eigenvalue weighted by molar-refractivity contribution is -0.383. The molecule has 3 aromatic rings. The van der Waals surface area contributed by atoms with Gasteiger partial charge in [-0.1, -0.05) is 0 Å². The molecule has 3 N–H and O–H groups in total. The Labute approximate surface area is 145 Å². The van der Waals surface area contributed by atoms with Crippen LogP contribution >= 0.6 is 0 Å². The third kappa shape index (κ3) is 3.72. The highest BCUT2D eigenvalue weighted by Crippen LogP contribution is 2.30. The molecule has 0 spiro atoms. The highest BCUT2D eigenvalue weighted by atomic mass is 19.1. The van der Waals surface area contributed by atoms with Crippen LogP contribution in [0.4, 0.5) is 27.4 Å². The minimum Gasteiger partial charge on any atom is -0.459 e. The molecule has 0 bridgehead atoms. The zero-order chi connectivity index (χ0) is 18.5. The highest BCUT2D eigenvalue weighted by Gasteiger charge is 2.24. The summed E-state index contributed by atoms with van der Waals surface area (Å²) in [5.74, 6) is -1.45. The van der Waals surface area contributed by atoms with E-state index in [2.05, 4.69) is 26.1 Å². The van der Waals surface area contributed by atoms with Gasteiger partial charge in [0.1, 0.15) is 12.1 Å². The Morgan fingerprint density at radius 1 is 1.15 bits per heavy atom. The first-order chi connectivity index (χ1) is 12.5. The number of halogens is 1. The largest absolute Gasteiger partial charge is 0.459 e. The van der Waals surface area contributed by atoms with Crippen LogP contribution in [-0.2, 0) is 0 Å². The molecule has 132 valence electrons. The molecule has 11 heteroatoms. The summed E-state index contributed by atoms with van der Waals surface area (Å²) in [5.41, 5.74) is 4.49. The molecule has 1 aromatic carbocycles. The van der Waals surface area contributed by atoms with Crippen molar-refractivity contribution in [2.75, 3.05) is 10.7 Å². The van der Waals surface area contributed by atoms with Crippen LogP contribution < -0.4 is 16.2 Å². The molecule has 3 rings (SSSR count). The first-order valence-electron chi connectivity index (χ1n) is 7.16. The molecule has 1 amide bonds. The Hall–Kier alpha value is -4.02. The number of carbonyl (C=O) groups excluding carboxylic acids is 1. The van der Waals surface area contributed by atoms with Crippen LogP contribution in [0.25, 0.3) is 0 Å². The van der Waals surface area contributed by atoms with Crippen molar-refractivity contribution in [1.82, 2.24) is 15.4 Å². The van der Waals surface area contributed by atoms with Crippen molar-refractivity contribution in [1.29, 1.82) is 0 Å². The molecule has 0 aliphatic carbocycles. The van der Waals surface area contributed by atoms with Gasteiger partial charge in [-0.3, -0.25) is 25.8 Å². The summed E-state index contributed by atoms with van der Waals surface area (Å²) in [6, 6.07) is 8.12. The van der Waals surface area contributed by atoms with Gasteiger partial charge in [0.05, 0.1) is 11.2 Å². The maximum atomic E-state index is 13.0. The lowest BCUT2D eigenvalue weighted by Gasteiger charge is -2.10. The molecule has 10 nitrogen and oxygen atoms in total. The Bertz CT molecular complexity index is 930. The molecule has 0 fully saturated rings. The number of nitrogens with zero attached hydrogens (tertiary/aromatic N) is 3. The summed E-state index contributed by atoms with van der Waals surface area (Å²) in [5, 5.41) is 14.1. The van der Waals surface area contributed by atoms with E-state index < -0.39 is 22.3 Å². The number of benzene rings is 1. The molecule has 0 saturated heterocycles. The summed E-state index contributed by atoms with van der Waals surface area (Å²) >= 11 is 0. The van der Waals surface area contributed by atoms with Gasteiger partial charge < -0.3 is 9.73 Å². The van der Waals surface area contributed by atoms with E-state index in [4.69, 9.17) is 4.42 Å². The monoisotopic (exact) mass is 358 g/mol. The highest BCUT2D eigenvalue weighted by molar-refractivity contribution is 5.92. The van der Waals surface area contributed by atoms with Crippen molar-refractivity contribution in [2.45, 2.75) is 0 Å². The van der Waals surface area contributed by atoms with Crippen LogP contribution in [0, 0.1) is 15.9 Å². The average molecular weight is 358 g/mol. The zero-order valence-corrected chi connectivity index (χ0v) is 13.0. The number of carbonyl (C=O) groups is 1. The van der Waals surface area contributed by atoms with Gasteiger partial charge in [-0.2, -0.15) is 0 Å². The molecule has 0 radical (unpaired) electrons. The molecular weight excluding hydrogens is 347 g/mol. The van der Waals surface area contributed by atoms with E-state index in [-0.39, 0.29) is 17.4 Å². The molecule has 26 heavy (non-hydrogen) atoms. The lowest BCUT2D eigenvalue weighted by atomic mass is 10.3. The predicted octanol–water partition coefficient (Wildman–Crippen LogP) is 2.62. The van der Waals surface area contributed by atoms with Crippen molar-refractivity contribution < 1.29 is 18.5 Å². The number of furan rings is 1. The number of nitrogens with one attached hydrogen (secondary N) is 3. The fourth-order valence-electron chi connectivity index (χ4n) is 1.99. The zero-order valence-electron chi connectivity index (χ0n) is 13.0. The van der Waals surface area contributed by atoms with Crippen LogP contribution in [0.5, 0.6) is 0 Å². The Morgan fingerprint density at radius 3 is 2.54 bits per heavy atom. The van der Waals surface area contributed by atoms with Crippen molar-refractivity contribution in [2.24, 2.45) is 0 Å². The molecule has 2 aromatic heterocycles. The van der Waals surface area contributed by atoms with Crippen molar-refractivity contribution in [3.05, 3.63) is 70.7 Å². The summed E-state index contributed by atoms with van der Waals surface area (Å²) in [7, 11) is 0. The number of rotatable bonds is 6. The summed E-state index contributed by atoms with van der Waals surface area (Å²) < 4.78 is 17.9. The van der Waals surface area contributed by atoms with E-state index in [1.807, 2.05) is 0 Å². The molecular formula is C15H11FN6O4. The topological polar surface area (TPSA) is 135 Å². The van der Waals surface area contributed by atoms with Gasteiger partial charge in [0, 0.05) is 5.69 Å². The van der Waals surface area contributed by atoms with E-state index in [1.165, 1.54) is 42.7 Å². The van der Waals surface area contributed by atoms with Crippen LogP contribution in [0.2, 0.25) is 0 Å². The van der Waals surface area contributed by atoms with Gasteiger partial charge >= 0.3 is 11.6 Å². The third-order valence-corrected chi connectivity index (χ3v) is 3.15. The molecule has 0 saturated carbocycles. The summed E-state index contributed by atoms with van der Waals surface area (Å²) in [6.45, 7) is 0. The van der Waals surface area contributed by atoms with E-state index >= 15 is 0 Å². The molecule has 0 aliphatic heterocycles. The second-order valence-electron chi connectivity index (χ2n) is 4.86. The molecule has 0 aliphatic rings. The van der Waals surface area contributed by atoms with Crippen LogP contribution in [0.15, 0.2) is 53.4 Å². The van der Waals surface area contributed by atoms with Crippen molar-refractivity contribution in [3.63, 3.8) is 0 Å². The van der Waals surface area contributed by atoms with Crippen LogP contribution in [0.3, 0.4) is 0 Å². The van der Waals surface area contributed by atoms with Gasteiger partial charge in [-0.05, 0) is 36.4 Å². The van der Waals surface area contributed by atoms with Crippen LogP contribution in [-0.4, -0.2) is 20.8 Å². The Kier molecular flexibility index (Phi) is 4.69. The number of amides is 1. The quantitative estimate of drug-likeness (QED) is 0.452. The second kappa shape index (κ2) is 7.25. The maximum Gasteiger partial charge on any atom is 0.355 e. The van der Waals surface area contributed by atoms with E-state index in [9.17, 15) is 19.3 Å². The van der Waals surface area contributed by atoms with E-state index in [0.717, 1.165) is 6.33 Å². The van der Waals surface area contributed by atoms with Gasteiger partial charge in [0.15, 0.2) is 5.76 Å². The van der Waals surface area contributed by atoms with E-state index in [0.29, 0.717) is 5.69 Å². The standard InChI is InChI=1S/C15H11FN6O4/c16-9-3-5-10(6-4-9)19-13-12(22(24)25)14(18-8-17-13)20-21-15(23)11-2-1-7-26-11/h1-8H,(H,21,23)(H2,17,18,19,20). The fourth-order valence-corrected chi connectivity index (χ4v) is 1.99. The molecule has 0 atom stereocenters. The first-order valence-corrected chi connectivity index (χ1v) is 7.16. The number of hydrogen-bond acceptors (Lipinski definition) is 8. The third-order valence-electron chi connectivity index (χ3n) is 3.15. The number of hydrogen-bond donors (Lipinski definition) is 3. The summed E-state index contributed by atoms with van der Waals surface area (Å²) in [6.07, 6.45) is 2.38. The Morgan fingerprint density at radius 2 is 1.88 bits per heavy atom. The molecule has 2 heterocycles. The van der Waals surface area contributed by atoms with Crippen molar-refractivity contribution >= 4 is 28.9 Å². The Balaban J connectivity index is 1.82. The van der Waals surface area contributed by atoms with Crippen LogP contribution in [0.1, 0.15) is 10.6 Å². The van der Waals surface area contributed by atoms with Gasteiger partial charge in [-0.25, -0.2) is 14.4 Å². The molecule has 0 unspecified atom stereocenters. The summed E-state index contributed by atoms with van der Waals surface area (Å²) in [4.78, 5) is 30.1. The number of aromatic nitrogens is 2. The predicted molar refractivity (Wildman–Crippen MR) is 88.2 cm³/mol. The lowest BCUT2D eigenvalue weighted by Crippen LogP contribution is -2.30. The second-order valence-corrected chi connectivity index (χ2v) is 4.86. The first kappa shape index (κ1) is 16.8. The fraction of sp³-hybridized carbons (Fsp3) is 0. The average Bonchev–Trinajstić information content (AvgIpc) is 3.16. The normalized spacial score (nSPS) is 10.2. The van der Waals surface area contributed by atoms with Gasteiger partial charge in [-0.15, -0.1) is 0 Å². The van der Waals surface area contributed by atoms with Gasteiger partial charge in [0.25, 0.3) is 0 Å². The number of hydrazine groups is 1. The number of anilines is 3.